The molecule has 0 amide bonds. The summed E-state index contributed by atoms with van der Waals surface area (Å²) in [6.07, 6.45) is -0.421. The van der Waals surface area contributed by atoms with Gasteiger partial charge in [-0.25, -0.2) is 15.0 Å². The van der Waals surface area contributed by atoms with Crippen LogP contribution in [0, 0.1) is 0 Å². The van der Waals surface area contributed by atoms with Gasteiger partial charge in [0.25, 0.3) is 0 Å². The average molecular weight is 461 g/mol. The molecule has 4 heterocycles. The van der Waals surface area contributed by atoms with Crippen molar-refractivity contribution in [1.82, 2.24) is 29.7 Å². The molecule has 1 aromatic carbocycles. The van der Waals surface area contributed by atoms with Crippen LogP contribution in [0.15, 0.2) is 46.5 Å². The Morgan fingerprint density at radius 1 is 1.16 bits per heavy atom. The lowest BCUT2D eigenvalue weighted by Crippen LogP contribution is -2.30. The normalized spacial score (nSPS) is 23.6. The maximum atomic E-state index is 10.3. The third kappa shape index (κ3) is 3.68. The number of thioether (sulfide) groups is 1. The van der Waals surface area contributed by atoms with Crippen LogP contribution in [0.3, 0.4) is 0 Å². The van der Waals surface area contributed by atoms with Crippen molar-refractivity contribution in [2.45, 2.75) is 42.2 Å². The van der Waals surface area contributed by atoms with E-state index in [1.807, 2.05) is 18.2 Å². The highest BCUT2D eigenvalue weighted by molar-refractivity contribution is 7.98. The highest BCUT2D eigenvalue weighted by atomic mass is 35.5. The van der Waals surface area contributed by atoms with E-state index in [1.54, 1.807) is 17.6 Å². The lowest BCUT2D eigenvalue weighted by molar-refractivity contribution is -0.0299. The van der Waals surface area contributed by atoms with Crippen molar-refractivity contribution < 1.29 is 19.5 Å². The summed E-state index contributed by atoms with van der Waals surface area (Å²) in [7, 11) is 0. The molecule has 1 saturated heterocycles. The zero-order valence-corrected chi connectivity index (χ0v) is 17.7. The first-order valence-corrected chi connectivity index (χ1v) is 10.8. The van der Waals surface area contributed by atoms with Crippen LogP contribution in [0.4, 0.5) is 0 Å². The molecule has 2 N–H and O–H groups in total. The number of aliphatic hydroxyl groups excluding tert-OH is 2. The molecule has 1 aliphatic rings. The largest absolute Gasteiger partial charge is 0.388 e. The minimum atomic E-state index is -1.08. The summed E-state index contributed by atoms with van der Waals surface area (Å²) in [5.41, 5.74) is 1.73. The van der Waals surface area contributed by atoms with Gasteiger partial charge in [0.2, 0.25) is 11.7 Å². The Balaban J connectivity index is 1.36. The van der Waals surface area contributed by atoms with Crippen LogP contribution in [-0.2, 0) is 10.5 Å². The molecule has 0 aliphatic carbocycles. The van der Waals surface area contributed by atoms with Crippen LogP contribution >= 0.6 is 23.4 Å². The topological polar surface area (TPSA) is 132 Å². The summed E-state index contributed by atoms with van der Waals surface area (Å²) < 4.78 is 12.6. The second-order valence-electron chi connectivity index (χ2n) is 7.00. The van der Waals surface area contributed by atoms with E-state index in [2.05, 4.69) is 25.1 Å². The SMILES string of the molecule is C[C@H]1O[C@@H](n2cnc3c(SCc4nc(-c5ccccc5Cl)no4)ncnc32)[C@H](O)[C@@H]1O. The van der Waals surface area contributed by atoms with Crippen molar-refractivity contribution in [1.29, 1.82) is 0 Å². The van der Waals surface area contributed by atoms with Crippen molar-refractivity contribution in [2.24, 2.45) is 0 Å². The fourth-order valence-corrected chi connectivity index (χ4v) is 4.38. The Hall–Kier alpha value is -2.57. The Bertz CT molecular complexity index is 1230. The first-order chi connectivity index (χ1) is 15.0. The number of ether oxygens (including phenoxy) is 1. The van der Waals surface area contributed by atoms with Crippen LogP contribution in [-0.4, -0.2) is 58.2 Å². The number of hydrogen-bond acceptors (Lipinski definition) is 10. The molecular weight excluding hydrogens is 444 g/mol. The van der Waals surface area contributed by atoms with Crippen LogP contribution in [0.25, 0.3) is 22.6 Å². The molecule has 4 atom stereocenters. The molecule has 1 fully saturated rings. The number of aromatic nitrogens is 6. The van der Waals surface area contributed by atoms with Crippen molar-refractivity contribution in [3.8, 4) is 11.4 Å². The summed E-state index contributed by atoms with van der Waals surface area (Å²) >= 11 is 7.56. The lowest BCUT2D eigenvalue weighted by atomic mass is 10.1. The van der Waals surface area contributed by atoms with Crippen LogP contribution in [0.1, 0.15) is 19.0 Å². The predicted molar refractivity (Wildman–Crippen MR) is 111 cm³/mol. The van der Waals surface area contributed by atoms with Crippen molar-refractivity contribution in [2.75, 3.05) is 0 Å². The Kier molecular flexibility index (Phi) is 5.36. The average Bonchev–Trinajstić information content (AvgIpc) is 3.48. The predicted octanol–water partition coefficient (Wildman–Crippen LogP) is 2.46. The standard InChI is InChI=1S/C19H17ClN6O4S/c1-9-14(27)15(28)19(29-9)26-8-23-13-17(26)21-7-22-18(13)31-6-12-24-16(25-30-12)10-4-2-3-5-11(10)20/h2-5,7-9,14-15,19,27-28H,6H2,1H3/t9-,14-,15-,19-/m1/s1. The molecular formula is C19H17ClN6O4S. The third-order valence-corrected chi connectivity index (χ3v) is 6.28. The van der Waals surface area contributed by atoms with Crippen molar-refractivity contribution >= 4 is 34.5 Å². The highest BCUT2D eigenvalue weighted by Crippen LogP contribution is 2.33. The first kappa shape index (κ1) is 20.3. The first-order valence-electron chi connectivity index (χ1n) is 9.42. The van der Waals surface area contributed by atoms with E-state index < -0.39 is 24.5 Å². The van der Waals surface area contributed by atoms with Gasteiger partial charge in [-0.2, -0.15) is 4.98 Å². The maximum absolute atomic E-state index is 10.3. The van der Waals surface area contributed by atoms with E-state index in [1.165, 1.54) is 24.4 Å². The second-order valence-corrected chi connectivity index (χ2v) is 8.37. The quantitative estimate of drug-likeness (QED) is 0.338. The molecule has 4 aromatic rings. The third-order valence-electron chi connectivity index (χ3n) is 4.99. The van der Waals surface area contributed by atoms with Gasteiger partial charge in [-0.3, -0.25) is 4.57 Å². The molecule has 0 spiro atoms. The van der Waals surface area contributed by atoms with Crippen molar-refractivity contribution in [3.63, 3.8) is 0 Å². The Morgan fingerprint density at radius 3 is 2.77 bits per heavy atom. The van der Waals surface area contributed by atoms with Crippen molar-refractivity contribution in [3.05, 3.63) is 47.8 Å². The van der Waals surface area contributed by atoms with E-state index in [0.717, 1.165) is 0 Å². The van der Waals surface area contributed by atoms with Gasteiger partial charge in [0, 0.05) is 5.56 Å². The van der Waals surface area contributed by atoms with E-state index >= 15 is 0 Å². The van der Waals surface area contributed by atoms with Gasteiger partial charge in [-0.15, -0.1) is 0 Å². The zero-order valence-electron chi connectivity index (χ0n) is 16.2. The second kappa shape index (κ2) is 8.17. The smallest absolute Gasteiger partial charge is 0.237 e. The molecule has 1 aliphatic heterocycles. The summed E-state index contributed by atoms with van der Waals surface area (Å²) in [6, 6.07) is 7.27. The van der Waals surface area contributed by atoms with E-state index in [-0.39, 0.29) is 0 Å². The Labute approximate surface area is 185 Å². The van der Waals surface area contributed by atoms with Gasteiger partial charge < -0.3 is 19.5 Å². The van der Waals surface area contributed by atoms with E-state index in [0.29, 0.717) is 44.2 Å². The van der Waals surface area contributed by atoms with Crippen LogP contribution in [0.2, 0.25) is 5.02 Å². The number of halogens is 1. The number of imidazole rings is 1. The molecule has 10 nitrogen and oxygen atoms in total. The van der Waals surface area contributed by atoms with E-state index in [4.69, 9.17) is 20.9 Å². The van der Waals surface area contributed by atoms with Gasteiger partial charge in [-0.1, -0.05) is 40.7 Å². The minimum Gasteiger partial charge on any atom is -0.388 e. The van der Waals surface area contributed by atoms with Gasteiger partial charge in [0.15, 0.2) is 11.9 Å². The lowest BCUT2D eigenvalue weighted by Gasteiger charge is -2.16. The van der Waals surface area contributed by atoms with Gasteiger partial charge in [0.05, 0.1) is 23.2 Å². The molecule has 12 heteroatoms. The number of benzene rings is 1. The molecule has 160 valence electrons. The number of nitrogens with zero attached hydrogens (tertiary/aromatic N) is 6. The maximum Gasteiger partial charge on any atom is 0.237 e. The molecule has 0 saturated carbocycles. The highest BCUT2D eigenvalue weighted by Gasteiger charge is 2.42. The van der Waals surface area contributed by atoms with Crippen LogP contribution in [0.5, 0.6) is 0 Å². The number of hydrogen-bond donors (Lipinski definition) is 2. The fourth-order valence-electron chi connectivity index (χ4n) is 3.38. The zero-order chi connectivity index (χ0) is 21.5. The molecule has 0 bridgehead atoms. The molecule has 3 aromatic heterocycles. The molecule has 31 heavy (non-hydrogen) atoms. The van der Waals surface area contributed by atoms with Crippen LogP contribution < -0.4 is 0 Å². The number of rotatable bonds is 5. The molecule has 5 rings (SSSR count). The number of aliphatic hydroxyl groups is 2. The molecule has 0 unspecified atom stereocenters. The minimum absolute atomic E-state index is 0.370. The Morgan fingerprint density at radius 2 is 2.00 bits per heavy atom. The summed E-state index contributed by atoms with van der Waals surface area (Å²) in [5, 5.41) is 25.4. The van der Waals surface area contributed by atoms with Gasteiger partial charge in [-0.05, 0) is 19.1 Å². The van der Waals surface area contributed by atoms with E-state index in [9.17, 15) is 10.2 Å². The monoisotopic (exact) mass is 460 g/mol. The fraction of sp³-hybridized carbons (Fsp3) is 0.316. The molecule has 0 radical (unpaired) electrons. The van der Waals surface area contributed by atoms with Gasteiger partial charge in [0.1, 0.15) is 29.1 Å². The number of fused-ring (bicyclic) bond motifs is 1. The van der Waals surface area contributed by atoms with Gasteiger partial charge >= 0.3 is 0 Å². The summed E-state index contributed by atoms with van der Waals surface area (Å²) in [6.45, 7) is 1.70. The summed E-state index contributed by atoms with van der Waals surface area (Å²) in [4.78, 5) is 17.4. The summed E-state index contributed by atoms with van der Waals surface area (Å²) in [5.74, 6) is 1.20.